The lowest BCUT2D eigenvalue weighted by molar-refractivity contribution is 0.262. The van der Waals surface area contributed by atoms with Gasteiger partial charge in [0.1, 0.15) is 12.3 Å². The van der Waals surface area contributed by atoms with Gasteiger partial charge in [-0.15, -0.1) is 0 Å². The van der Waals surface area contributed by atoms with E-state index in [0.29, 0.717) is 18.5 Å². The summed E-state index contributed by atoms with van der Waals surface area (Å²) in [7, 11) is 0. The highest BCUT2D eigenvalue weighted by molar-refractivity contribution is 5.78. The van der Waals surface area contributed by atoms with Crippen molar-refractivity contribution in [1.29, 1.82) is 0 Å². The maximum atomic E-state index is 6.07. The SMILES string of the molecule is Cc1ccc(-c2cnc(CN=C(N)NC3CCOc4ccccc43)o2)cc1. The average molecular weight is 362 g/mol. The molecule has 0 aliphatic carbocycles. The predicted octanol–water partition coefficient (Wildman–Crippen LogP) is 3.58. The molecule has 0 radical (unpaired) electrons. The molecule has 1 aliphatic rings. The average Bonchev–Trinajstić information content (AvgIpc) is 3.16. The second kappa shape index (κ2) is 7.53. The summed E-state index contributed by atoms with van der Waals surface area (Å²) < 4.78 is 11.5. The minimum absolute atomic E-state index is 0.0892. The second-order valence-corrected chi connectivity index (χ2v) is 6.56. The summed E-state index contributed by atoms with van der Waals surface area (Å²) in [5, 5.41) is 3.27. The number of ether oxygens (including phenoxy) is 1. The third kappa shape index (κ3) is 3.95. The molecule has 0 fully saturated rings. The summed E-state index contributed by atoms with van der Waals surface area (Å²) >= 11 is 0. The van der Waals surface area contributed by atoms with E-state index in [9.17, 15) is 0 Å². The Bertz CT molecular complexity index is 947. The lowest BCUT2D eigenvalue weighted by Crippen LogP contribution is -2.37. The minimum atomic E-state index is 0.0892. The minimum Gasteiger partial charge on any atom is -0.493 e. The van der Waals surface area contributed by atoms with Gasteiger partial charge in [0, 0.05) is 17.5 Å². The van der Waals surface area contributed by atoms with Crippen LogP contribution in [0.2, 0.25) is 0 Å². The third-order valence-corrected chi connectivity index (χ3v) is 4.55. The molecule has 2 heterocycles. The number of nitrogens with two attached hydrogens (primary N) is 1. The maximum Gasteiger partial charge on any atom is 0.216 e. The predicted molar refractivity (Wildman–Crippen MR) is 104 cm³/mol. The molecule has 6 nitrogen and oxygen atoms in total. The Balaban J connectivity index is 1.41. The topological polar surface area (TPSA) is 85.7 Å². The van der Waals surface area contributed by atoms with Crippen molar-refractivity contribution >= 4 is 5.96 Å². The Morgan fingerprint density at radius 3 is 2.89 bits per heavy atom. The van der Waals surface area contributed by atoms with Gasteiger partial charge in [-0.1, -0.05) is 48.0 Å². The van der Waals surface area contributed by atoms with Gasteiger partial charge in [0.2, 0.25) is 5.89 Å². The first kappa shape index (κ1) is 17.1. The van der Waals surface area contributed by atoms with E-state index in [1.54, 1.807) is 6.20 Å². The van der Waals surface area contributed by atoms with Crippen molar-refractivity contribution in [3.8, 4) is 17.1 Å². The molecule has 1 unspecified atom stereocenters. The van der Waals surface area contributed by atoms with Crippen molar-refractivity contribution in [2.75, 3.05) is 6.61 Å². The van der Waals surface area contributed by atoms with Crippen molar-refractivity contribution in [1.82, 2.24) is 10.3 Å². The van der Waals surface area contributed by atoms with Gasteiger partial charge in [0.05, 0.1) is 18.8 Å². The van der Waals surface area contributed by atoms with Crippen LogP contribution in [0.25, 0.3) is 11.3 Å². The highest BCUT2D eigenvalue weighted by Crippen LogP contribution is 2.31. The van der Waals surface area contributed by atoms with E-state index in [-0.39, 0.29) is 12.6 Å². The van der Waals surface area contributed by atoms with Crippen LogP contribution in [-0.2, 0) is 6.54 Å². The Hall–Kier alpha value is -3.28. The van der Waals surface area contributed by atoms with Crippen LogP contribution in [0.1, 0.15) is 29.5 Å². The van der Waals surface area contributed by atoms with Crippen molar-refractivity contribution in [3.05, 3.63) is 71.7 Å². The smallest absolute Gasteiger partial charge is 0.216 e. The molecule has 1 aliphatic heterocycles. The number of benzene rings is 2. The van der Waals surface area contributed by atoms with E-state index in [1.807, 2.05) is 48.5 Å². The van der Waals surface area contributed by atoms with E-state index < -0.39 is 0 Å². The highest BCUT2D eigenvalue weighted by Gasteiger charge is 2.21. The molecule has 6 heteroatoms. The molecular formula is C21H22N4O2. The molecule has 27 heavy (non-hydrogen) atoms. The number of aromatic nitrogens is 1. The van der Waals surface area contributed by atoms with Crippen LogP contribution in [0.15, 0.2) is 64.1 Å². The maximum absolute atomic E-state index is 6.07. The molecule has 0 amide bonds. The van der Waals surface area contributed by atoms with E-state index in [4.69, 9.17) is 14.9 Å². The first-order chi connectivity index (χ1) is 13.2. The van der Waals surface area contributed by atoms with E-state index >= 15 is 0 Å². The molecule has 0 spiro atoms. The number of oxazole rings is 1. The molecule has 1 atom stereocenters. The van der Waals surface area contributed by atoms with Gasteiger partial charge in [-0.25, -0.2) is 9.98 Å². The summed E-state index contributed by atoms with van der Waals surface area (Å²) in [5.41, 5.74) is 9.37. The number of para-hydroxylation sites is 1. The fraction of sp³-hybridized carbons (Fsp3) is 0.238. The van der Waals surface area contributed by atoms with Crippen LogP contribution in [-0.4, -0.2) is 17.6 Å². The Morgan fingerprint density at radius 2 is 2.04 bits per heavy atom. The Kier molecular flexibility index (Phi) is 4.78. The van der Waals surface area contributed by atoms with Gasteiger partial charge in [-0.05, 0) is 13.0 Å². The quantitative estimate of drug-likeness (QED) is 0.547. The number of hydrogen-bond donors (Lipinski definition) is 2. The number of rotatable bonds is 4. The van der Waals surface area contributed by atoms with Gasteiger partial charge in [0.25, 0.3) is 0 Å². The molecule has 0 bridgehead atoms. The van der Waals surface area contributed by atoms with Gasteiger partial charge in [-0.3, -0.25) is 0 Å². The molecular weight excluding hydrogens is 340 g/mol. The zero-order chi connectivity index (χ0) is 18.6. The first-order valence-corrected chi connectivity index (χ1v) is 8.99. The van der Waals surface area contributed by atoms with Crippen LogP contribution in [0.4, 0.5) is 0 Å². The van der Waals surface area contributed by atoms with Crippen LogP contribution in [0.5, 0.6) is 5.75 Å². The summed E-state index contributed by atoms with van der Waals surface area (Å²) in [4.78, 5) is 8.66. The number of hydrogen-bond acceptors (Lipinski definition) is 4. The van der Waals surface area contributed by atoms with Gasteiger partial charge in [0.15, 0.2) is 11.7 Å². The van der Waals surface area contributed by atoms with Crippen LogP contribution in [0.3, 0.4) is 0 Å². The summed E-state index contributed by atoms with van der Waals surface area (Å²) in [6.07, 6.45) is 2.55. The van der Waals surface area contributed by atoms with Crippen LogP contribution < -0.4 is 15.8 Å². The lowest BCUT2D eigenvalue weighted by atomic mass is 10.0. The molecule has 138 valence electrons. The zero-order valence-electron chi connectivity index (χ0n) is 15.2. The normalized spacial score (nSPS) is 16.5. The van der Waals surface area contributed by atoms with Crippen molar-refractivity contribution in [3.63, 3.8) is 0 Å². The largest absolute Gasteiger partial charge is 0.493 e. The molecule has 3 N–H and O–H groups in total. The molecule has 1 aromatic heterocycles. The molecule has 0 saturated heterocycles. The molecule has 0 saturated carbocycles. The molecule has 4 rings (SSSR count). The van der Waals surface area contributed by atoms with Gasteiger partial charge < -0.3 is 20.2 Å². The van der Waals surface area contributed by atoms with Gasteiger partial charge in [-0.2, -0.15) is 0 Å². The number of nitrogens with one attached hydrogen (secondary N) is 1. The number of nitrogens with zero attached hydrogens (tertiary/aromatic N) is 2. The zero-order valence-corrected chi connectivity index (χ0v) is 15.2. The second-order valence-electron chi connectivity index (χ2n) is 6.56. The lowest BCUT2D eigenvalue weighted by Gasteiger charge is -2.26. The monoisotopic (exact) mass is 362 g/mol. The number of aryl methyl sites for hydroxylation is 1. The van der Waals surface area contributed by atoms with Crippen molar-refractivity contribution in [2.45, 2.75) is 25.9 Å². The molecule has 3 aromatic rings. The number of aliphatic imine (C=N–C) groups is 1. The Morgan fingerprint density at radius 1 is 1.22 bits per heavy atom. The standard InChI is InChI=1S/C21H22N4O2/c1-14-6-8-15(9-7-14)19-12-23-20(27-19)13-24-21(22)25-17-10-11-26-18-5-3-2-4-16(17)18/h2-9,12,17H,10-11,13H2,1H3,(H3,22,24,25). The van der Waals surface area contributed by atoms with E-state index in [2.05, 4.69) is 22.2 Å². The number of guanidine groups is 1. The summed E-state index contributed by atoms with van der Waals surface area (Å²) in [6.45, 7) is 2.99. The number of fused-ring (bicyclic) bond motifs is 1. The summed E-state index contributed by atoms with van der Waals surface area (Å²) in [5.74, 6) is 2.52. The van der Waals surface area contributed by atoms with Crippen molar-refractivity contribution in [2.24, 2.45) is 10.7 Å². The Labute approximate surface area is 158 Å². The third-order valence-electron chi connectivity index (χ3n) is 4.55. The first-order valence-electron chi connectivity index (χ1n) is 8.99. The highest BCUT2D eigenvalue weighted by atomic mass is 16.5. The fourth-order valence-corrected chi connectivity index (χ4v) is 3.10. The van der Waals surface area contributed by atoms with Crippen LogP contribution in [0, 0.1) is 6.92 Å². The van der Waals surface area contributed by atoms with Crippen LogP contribution >= 0.6 is 0 Å². The molecule has 2 aromatic carbocycles. The van der Waals surface area contributed by atoms with Crippen molar-refractivity contribution < 1.29 is 9.15 Å². The van der Waals surface area contributed by atoms with Gasteiger partial charge >= 0.3 is 0 Å². The fourth-order valence-electron chi connectivity index (χ4n) is 3.10. The van der Waals surface area contributed by atoms with E-state index in [0.717, 1.165) is 29.1 Å². The van der Waals surface area contributed by atoms with E-state index in [1.165, 1.54) is 5.56 Å². The summed E-state index contributed by atoms with van der Waals surface area (Å²) in [6, 6.07) is 16.2.